The molecule has 0 unspecified atom stereocenters. The highest BCUT2D eigenvalue weighted by atomic mass is 31.1. The maximum Gasteiger partial charge on any atom is 0.697 e. The van der Waals surface area contributed by atoms with Crippen LogP contribution < -0.4 is 0 Å². The third-order valence-corrected chi connectivity index (χ3v) is 5.52. The van der Waals surface area contributed by atoms with Crippen LogP contribution in [-0.2, 0) is 13.6 Å². The lowest BCUT2D eigenvalue weighted by atomic mass is 9.99. The molecule has 0 N–H and O–H groups in total. The summed E-state index contributed by atoms with van der Waals surface area (Å²) < 4.78 is 23.5. The lowest BCUT2D eigenvalue weighted by Gasteiger charge is -2.16. The van der Waals surface area contributed by atoms with Crippen LogP contribution in [0.1, 0.15) is 89.9 Å². The minimum atomic E-state index is -1.92. The van der Waals surface area contributed by atoms with E-state index in [9.17, 15) is 4.57 Å². The predicted molar refractivity (Wildman–Crippen MR) is 82.0 cm³/mol. The standard InChI is InChI=1S/C16H30O3P/c17-20(18-15-11-7-3-1-4-8-12-15)19-16-13-9-5-2-6-10-14-16/h15-16H,1-14H2/q+1. The SMILES string of the molecule is O=[P+](OC1CCCCCCC1)OC1CCCCCCC1. The summed E-state index contributed by atoms with van der Waals surface area (Å²) in [6.45, 7) is 0. The topological polar surface area (TPSA) is 35.5 Å². The van der Waals surface area contributed by atoms with Crippen molar-refractivity contribution in [1.29, 1.82) is 0 Å². The number of hydrogen-bond donors (Lipinski definition) is 0. The molecule has 0 aromatic rings. The zero-order valence-corrected chi connectivity index (χ0v) is 13.6. The molecule has 4 heteroatoms. The van der Waals surface area contributed by atoms with E-state index in [0.29, 0.717) is 0 Å². The molecule has 2 aliphatic carbocycles. The molecule has 0 radical (unpaired) electrons. The molecule has 0 bridgehead atoms. The van der Waals surface area contributed by atoms with Crippen molar-refractivity contribution in [2.45, 2.75) is 102 Å². The zero-order chi connectivity index (χ0) is 14.0. The van der Waals surface area contributed by atoms with Gasteiger partial charge < -0.3 is 0 Å². The Labute approximate surface area is 124 Å². The number of hydrogen-bond acceptors (Lipinski definition) is 3. The van der Waals surface area contributed by atoms with Gasteiger partial charge in [0.1, 0.15) is 12.2 Å². The molecule has 0 aromatic carbocycles. The molecule has 0 heterocycles. The molecule has 0 aliphatic heterocycles. The van der Waals surface area contributed by atoms with Crippen LogP contribution in [0.2, 0.25) is 0 Å². The summed E-state index contributed by atoms with van der Waals surface area (Å²) in [6.07, 6.45) is 17.2. The molecule has 3 nitrogen and oxygen atoms in total. The average Bonchev–Trinajstić information content (AvgIpc) is 2.35. The van der Waals surface area contributed by atoms with E-state index in [4.69, 9.17) is 9.05 Å². The predicted octanol–water partition coefficient (Wildman–Crippen LogP) is 5.90. The Kier molecular flexibility index (Phi) is 8.09. The molecule has 2 saturated carbocycles. The van der Waals surface area contributed by atoms with E-state index < -0.39 is 8.25 Å². The van der Waals surface area contributed by atoms with Crippen LogP contribution in [0.15, 0.2) is 0 Å². The second-order valence-corrected chi connectivity index (χ2v) is 7.24. The van der Waals surface area contributed by atoms with Gasteiger partial charge in [-0.15, -0.1) is 9.05 Å². The van der Waals surface area contributed by atoms with E-state index in [1.54, 1.807) is 0 Å². The molecule has 0 aromatic heterocycles. The minimum Gasteiger partial charge on any atom is -0.116 e. The first kappa shape index (κ1) is 16.4. The lowest BCUT2D eigenvalue weighted by molar-refractivity contribution is 0.102. The first-order valence-corrected chi connectivity index (χ1v) is 9.75. The third-order valence-electron chi connectivity index (χ3n) is 4.57. The summed E-state index contributed by atoms with van der Waals surface area (Å²) in [4.78, 5) is 0. The van der Waals surface area contributed by atoms with Crippen LogP contribution in [0.4, 0.5) is 0 Å². The van der Waals surface area contributed by atoms with E-state index in [2.05, 4.69) is 0 Å². The third kappa shape index (κ3) is 6.65. The second kappa shape index (κ2) is 9.87. The Hall–Kier alpha value is 0.0200. The average molecular weight is 301 g/mol. The van der Waals surface area contributed by atoms with E-state index in [1.165, 1.54) is 64.2 Å². The normalized spacial score (nSPS) is 24.4. The highest BCUT2D eigenvalue weighted by molar-refractivity contribution is 7.33. The van der Waals surface area contributed by atoms with E-state index in [0.717, 1.165) is 25.7 Å². The van der Waals surface area contributed by atoms with Crippen molar-refractivity contribution in [1.82, 2.24) is 0 Å². The fourth-order valence-corrected chi connectivity index (χ4v) is 4.27. The minimum absolute atomic E-state index is 0.160. The largest absolute Gasteiger partial charge is 0.697 e. The fraction of sp³-hybridized carbons (Fsp3) is 1.00. The Morgan fingerprint density at radius 2 is 0.850 bits per heavy atom. The van der Waals surface area contributed by atoms with Gasteiger partial charge in [-0.2, -0.15) is 0 Å². The first-order valence-electron chi connectivity index (χ1n) is 8.65. The van der Waals surface area contributed by atoms with Crippen LogP contribution >= 0.6 is 8.25 Å². The smallest absolute Gasteiger partial charge is 0.116 e. The van der Waals surface area contributed by atoms with Gasteiger partial charge in [-0.3, -0.25) is 0 Å². The Morgan fingerprint density at radius 1 is 0.550 bits per heavy atom. The summed E-state index contributed by atoms with van der Waals surface area (Å²) in [7, 11) is -1.92. The molecular formula is C16H30O3P+. The van der Waals surface area contributed by atoms with Crippen molar-refractivity contribution in [3.63, 3.8) is 0 Å². The Morgan fingerprint density at radius 3 is 1.20 bits per heavy atom. The molecule has 116 valence electrons. The van der Waals surface area contributed by atoms with Crippen molar-refractivity contribution in [3.8, 4) is 0 Å². The molecule has 2 aliphatic rings. The van der Waals surface area contributed by atoms with Gasteiger partial charge in [0.2, 0.25) is 0 Å². The Balaban J connectivity index is 1.69. The summed E-state index contributed by atoms with van der Waals surface area (Å²) in [5, 5.41) is 0. The second-order valence-electron chi connectivity index (χ2n) is 6.37. The molecule has 0 saturated heterocycles. The summed E-state index contributed by atoms with van der Waals surface area (Å²) >= 11 is 0. The van der Waals surface area contributed by atoms with Gasteiger partial charge in [0.15, 0.2) is 0 Å². The quantitative estimate of drug-likeness (QED) is 0.606. The van der Waals surface area contributed by atoms with Crippen molar-refractivity contribution < 1.29 is 13.6 Å². The van der Waals surface area contributed by atoms with Crippen LogP contribution in [0, 0.1) is 0 Å². The molecule has 0 atom stereocenters. The van der Waals surface area contributed by atoms with Gasteiger partial charge in [0.05, 0.1) is 0 Å². The maximum absolute atomic E-state index is 12.1. The summed E-state index contributed by atoms with van der Waals surface area (Å²) in [6, 6.07) is 0. The highest BCUT2D eigenvalue weighted by Gasteiger charge is 2.31. The first-order chi connectivity index (χ1) is 9.84. The van der Waals surface area contributed by atoms with Crippen LogP contribution in [0.5, 0.6) is 0 Å². The van der Waals surface area contributed by atoms with Crippen LogP contribution in [0.3, 0.4) is 0 Å². The van der Waals surface area contributed by atoms with Crippen LogP contribution in [0.25, 0.3) is 0 Å². The van der Waals surface area contributed by atoms with Crippen molar-refractivity contribution in [2.75, 3.05) is 0 Å². The van der Waals surface area contributed by atoms with E-state index in [-0.39, 0.29) is 12.2 Å². The summed E-state index contributed by atoms with van der Waals surface area (Å²) in [5.41, 5.74) is 0. The van der Waals surface area contributed by atoms with Gasteiger partial charge in [-0.25, -0.2) is 0 Å². The Bertz CT molecular complexity index is 241. The molecule has 20 heavy (non-hydrogen) atoms. The van der Waals surface area contributed by atoms with Crippen LogP contribution in [-0.4, -0.2) is 12.2 Å². The van der Waals surface area contributed by atoms with E-state index >= 15 is 0 Å². The van der Waals surface area contributed by atoms with Gasteiger partial charge in [-0.1, -0.05) is 64.2 Å². The molecule has 2 fully saturated rings. The van der Waals surface area contributed by atoms with Crippen molar-refractivity contribution in [2.24, 2.45) is 0 Å². The molecular weight excluding hydrogens is 271 g/mol. The van der Waals surface area contributed by atoms with Crippen molar-refractivity contribution in [3.05, 3.63) is 0 Å². The van der Waals surface area contributed by atoms with Gasteiger partial charge in [0, 0.05) is 4.57 Å². The monoisotopic (exact) mass is 301 g/mol. The number of rotatable bonds is 4. The zero-order valence-electron chi connectivity index (χ0n) is 12.7. The molecule has 2 rings (SSSR count). The molecule has 0 spiro atoms. The highest BCUT2D eigenvalue weighted by Crippen LogP contribution is 2.35. The van der Waals surface area contributed by atoms with Crippen molar-refractivity contribution >= 4 is 8.25 Å². The molecule has 0 amide bonds. The van der Waals surface area contributed by atoms with Gasteiger partial charge in [0.25, 0.3) is 0 Å². The lowest BCUT2D eigenvalue weighted by Crippen LogP contribution is -2.15. The fourth-order valence-electron chi connectivity index (χ4n) is 3.32. The maximum atomic E-state index is 12.1. The van der Waals surface area contributed by atoms with Gasteiger partial charge >= 0.3 is 8.25 Å². The summed E-state index contributed by atoms with van der Waals surface area (Å²) in [5.74, 6) is 0. The van der Waals surface area contributed by atoms with Gasteiger partial charge in [-0.05, 0) is 25.7 Å². The van der Waals surface area contributed by atoms with E-state index in [1.807, 2.05) is 0 Å².